The molecule has 0 N–H and O–H groups in total. The Hall–Kier alpha value is -1.19. The molecule has 112 valence electrons. The van der Waals surface area contributed by atoms with Gasteiger partial charge in [-0.25, -0.2) is 0 Å². The third kappa shape index (κ3) is 3.68. The third-order valence-electron chi connectivity index (χ3n) is 4.36. The number of ketones is 1. The predicted molar refractivity (Wildman–Crippen MR) is 77.5 cm³/mol. The van der Waals surface area contributed by atoms with E-state index >= 15 is 0 Å². The molecule has 1 aliphatic carbocycles. The number of hydrogen-bond donors (Lipinski definition) is 0. The highest BCUT2D eigenvalue weighted by Gasteiger charge is 2.28. The SMILES string of the molecule is CCC1CCCC(c2noc(CC(=O)C(C)(C)C)n2)C1. The molecule has 1 fully saturated rings. The smallest absolute Gasteiger partial charge is 0.234 e. The second-order valence-corrected chi connectivity index (χ2v) is 7.03. The Morgan fingerprint density at radius 1 is 1.35 bits per heavy atom. The number of rotatable bonds is 4. The molecule has 2 rings (SSSR count). The average Bonchev–Trinajstić information content (AvgIpc) is 2.86. The van der Waals surface area contributed by atoms with Crippen molar-refractivity contribution in [3.63, 3.8) is 0 Å². The largest absolute Gasteiger partial charge is 0.339 e. The van der Waals surface area contributed by atoms with Crippen molar-refractivity contribution in [1.82, 2.24) is 10.1 Å². The lowest BCUT2D eigenvalue weighted by atomic mass is 9.80. The van der Waals surface area contributed by atoms with Gasteiger partial charge in [-0.3, -0.25) is 4.79 Å². The molecule has 1 aromatic rings. The Bertz CT molecular complexity index is 459. The van der Waals surface area contributed by atoms with E-state index in [4.69, 9.17) is 4.52 Å². The van der Waals surface area contributed by atoms with E-state index in [0.717, 1.165) is 24.6 Å². The standard InChI is InChI=1S/C16H26N2O2/c1-5-11-7-6-8-12(9-11)15-17-14(20-18-15)10-13(19)16(2,3)4/h11-12H,5-10H2,1-4H3. The first kappa shape index (κ1) is 15.2. The highest BCUT2D eigenvalue weighted by molar-refractivity contribution is 5.84. The zero-order valence-electron chi connectivity index (χ0n) is 13.1. The summed E-state index contributed by atoms with van der Waals surface area (Å²) in [5.41, 5.74) is -0.354. The first-order valence-corrected chi connectivity index (χ1v) is 7.76. The summed E-state index contributed by atoms with van der Waals surface area (Å²) < 4.78 is 5.27. The number of carbonyl (C=O) groups is 1. The molecule has 1 aliphatic rings. The van der Waals surface area contributed by atoms with Gasteiger partial charge >= 0.3 is 0 Å². The number of carbonyl (C=O) groups excluding carboxylic acids is 1. The molecule has 0 bridgehead atoms. The van der Waals surface area contributed by atoms with Crippen LogP contribution in [-0.2, 0) is 11.2 Å². The van der Waals surface area contributed by atoms with Crippen molar-refractivity contribution in [3.05, 3.63) is 11.7 Å². The van der Waals surface area contributed by atoms with Gasteiger partial charge in [0.25, 0.3) is 0 Å². The molecular weight excluding hydrogens is 252 g/mol. The van der Waals surface area contributed by atoms with Crippen LogP contribution in [0, 0.1) is 11.3 Å². The van der Waals surface area contributed by atoms with Crippen LogP contribution in [-0.4, -0.2) is 15.9 Å². The van der Waals surface area contributed by atoms with Crippen LogP contribution in [0.4, 0.5) is 0 Å². The minimum absolute atomic E-state index is 0.141. The van der Waals surface area contributed by atoms with Gasteiger partial charge in [0.15, 0.2) is 5.82 Å². The molecule has 0 saturated heterocycles. The van der Waals surface area contributed by atoms with Crippen LogP contribution in [0.5, 0.6) is 0 Å². The minimum atomic E-state index is -0.354. The fraction of sp³-hybridized carbons (Fsp3) is 0.812. The first-order valence-electron chi connectivity index (χ1n) is 7.76. The highest BCUT2D eigenvalue weighted by Crippen LogP contribution is 2.36. The van der Waals surface area contributed by atoms with Crippen LogP contribution in [0.1, 0.15) is 77.4 Å². The molecular formula is C16H26N2O2. The van der Waals surface area contributed by atoms with E-state index in [1.165, 1.54) is 19.3 Å². The molecule has 4 heteroatoms. The van der Waals surface area contributed by atoms with Crippen LogP contribution in [0.15, 0.2) is 4.52 Å². The van der Waals surface area contributed by atoms with E-state index in [1.54, 1.807) is 0 Å². The molecule has 1 saturated carbocycles. The zero-order chi connectivity index (χ0) is 14.8. The van der Waals surface area contributed by atoms with Crippen LogP contribution >= 0.6 is 0 Å². The molecule has 20 heavy (non-hydrogen) atoms. The summed E-state index contributed by atoms with van der Waals surface area (Å²) in [6.45, 7) is 8.00. The fourth-order valence-electron chi connectivity index (χ4n) is 2.80. The Kier molecular flexibility index (Phi) is 4.61. The van der Waals surface area contributed by atoms with Crippen molar-refractivity contribution in [2.45, 2.75) is 72.1 Å². The van der Waals surface area contributed by atoms with Crippen LogP contribution in [0.2, 0.25) is 0 Å². The van der Waals surface area contributed by atoms with Crippen molar-refractivity contribution in [2.75, 3.05) is 0 Å². The van der Waals surface area contributed by atoms with Gasteiger partial charge < -0.3 is 4.52 Å². The maximum Gasteiger partial charge on any atom is 0.234 e. The van der Waals surface area contributed by atoms with Gasteiger partial charge in [-0.15, -0.1) is 0 Å². The summed E-state index contributed by atoms with van der Waals surface area (Å²) >= 11 is 0. The molecule has 1 heterocycles. The van der Waals surface area contributed by atoms with Gasteiger partial charge in [0.05, 0.1) is 6.42 Å². The lowest BCUT2D eigenvalue weighted by Crippen LogP contribution is -2.22. The van der Waals surface area contributed by atoms with E-state index in [-0.39, 0.29) is 17.6 Å². The van der Waals surface area contributed by atoms with Crippen molar-refractivity contribution < 1.29 is 9.32 Å². The quantitative estimate of drug-likeness (QED) is 0.837. The average molecular weight is 278 g/mol. The maximum absolute atomic E-state index is 12.0. The Morgan fingerprint density at radius 2 is 2.10 bits per heavy atom. The maximum atomic E-state index is 12.0. The molecule has 0 spiro atoms. The van der Waals surface area contributed by atoms with Crippen molar-refractivity contribution >= 4 is 5.78 Å². The van der Waals surface area contributed by atoms with Crippen LogP contribution in [0.25, 0.3) is 0 Å². The van der Waals surface area contributed by atoms with Gasteiger partial charge in [-0.2, -0.15) is 4.98 Å². The monoisotopic (exact) mass is 278 g/mol. The van der Waals surface area contributed by atoms with Gasteiger partial charge in [0.2, 0.25) is 5.89 Å². The van der Waals surface area contributed by atoms with Crippen molar-refractivity contribution in [2.24, 2.45) is 11.3 Å². The van der Waals surface area contributed by atoms with E-state index in [9.17, 15) is 4.79 Å². The second-order valence-electron chi connectivity index (χ2n) is 7.03. The van der Waals surface area contributed by atoms with Crippen LogP contribution < -0.4 is 0 Å². The minimum Gasteiger partial charge on any atom is -0.339 e. The number of aromatic nitrogens is 2. The Morgan fingerprint density at radius 3 is 2.75 bits per heavy atom. The van der Waals surface area contributed by atoms with Crippen molar-refractivity contribution in [3.8, 4) is 0 Å². The molecule has 1 aromatic heterocycles. The molecule has 0 radical (unpaired) electrons. The normalized spacial score (nSPS) is 23.8. The van der Waals surface area contributed by atoms with Gasteiger partial charge in [-0.1, -0.05) is 52.1 Å². The second kappa shape index (κ2) is 6.06. The summed E-state index contributed by atoms with van der Waals surface area (Å²) in [4.78, 5) is 16.4. The lowest BCUT2D eigenvalue weighted by molar-refractivity contribution is -0.125. The molecule has 0 aromatic carbocycles. The fourth-order valence-corrected chi connectivity index (χ4v) is 2.80. The van der Waals surface area contributed by atoms with E-state index in [0.29, 0.717) is 11.8 Å². The summed E-state index contributed by atoms with van der Waals surface area (Å²) in [5, 5.41) is 4.11. The topological polar surface area (TPSA) is 56.0 Å². The molecule has 0 amide bonds. The van der Waals surface area contributed by atoms with Crippen LogP contribution in [0.3, 0.4) is 0 Å². The number of nitrogens with zero attached hydrogens (tertiary/aromatic N) is 2. The lowest BCUT2D eigenvalue weighted by Gasteiger charge is -2.26. The van der Waals surface area contributed by atoms with Crippen molar-refractivity contribution in [1.29, 1.82) is 0 Å². The molecule has 0 aliphatic heterocycles. The summed E-state index contributed by atoms with van der Waals surface area (Å²) in [6.07, 6.45) is 6.34. The summed E-state index contributed by atoms with van der Waals surface area (Å²) in [6, 6.07) is 0. The molecule has 2 atom stereocenters. The third-order valence-corrected chi connectivity index (χ3v) is 4.36. The zero-order valence-corrected chi connectivity index (χ0v) is 13.1. The van der Waals surface area contributed by atoms with Gasteiger partial charge in [0.1, 0.15) is 5.78 Å². The Labute approximate surface area is 121 Å². The van der Waals surface area contributed by atoms with E-state index < -0.39 is 0 Å². The predicted octanol–water partition coefficient (Wildman–Crippen LogP) is 3.91. The van der Waals surface area contributed by atoms with E-state index in [2.05, 4.69) is 17.1 Å². The first-order chi connectivity index (χ1) is 9.40. The summed E-state index contributed by atoms with van der Waals surface area (Å²) in [5.74, 6) is 2.61. The van der Waals surface area contributed by atoms with E-state index in [1.807, 2.05) is 20.8 Å². The Balaban J connectivity index is 2.00. The number of Topliss-reactive ketones (excluding diaryl/α,β-unsaturated/α-hetero) is 1. The summed E-state index contributed by atoms with van der Waals surface area (Å²) in [7, 11) is 0. The molecule has 4 nitrogen and oxygen atoms in total. The van der Waals surface area contributed by atoms with Gasteiger partial charge in [-0.05, 0) is 18.8 Å². The highest BCUT2D eigenvalue weighted by atomic mass is 16.5. The number of hydrogen-bond acceptors (Lipinski definition) is 4. The molecule has 2 unspecified atom stereocenters. The van der Waals surface area contributed by atoms with Gasteiger partial charge in [0, 0.05) is 11.3 Å².